The normalized spacial score (nSPS) is 14.7. The Kier molecular flexibility index (Phi) is 7.14. The van der Waals surface area contributed by atoms with E-state index in [1.54, 1.807) is 0 Å². The maximum absolute atomic E-state index is 13.9. The molecule has 0 atom stereocenters. The van der Waals surface area contributed by atoms with Crippen molar-refractivity contribution in [2.75, 3.05) is 23.7 Å². The lowest BCUT2D eigenvalue weighted by Crippen LogP contribution is -2.33. The zero-order valence-corrected chi connectivity index (χ0v) is 15.6. The number of anilines is 1. The number of benzene rings is 1. The van der Waals surface area contributed by atoms with Gasteiger partial charge in [0.2, 0.25) is 15.9 Å². The smallest absolute Gasteiger partial charge is 0.232 e. The van der Waals surface area contributed by atoms with Gasteiger partial charge in [0.05, 0.1) is 11.9 Å². The highest BCUT2D eigenvalue weighted by Gasteiger charge is 2.21. The molecule has 0 heterocycles. The molecule has 1 amide bonds. The minimum absolute atomic E-state index is 0.0580. The SMILES string of the molecule is CS(=O)(=O)N(CCCC(=O)NCC1=CCCCC1)c1ccc(F)cc1F. The third kappa shape index (κ3) is 6.09. The Morgan fingerprint density at radius 1 is 1.27 bits per heavy atom. The average Bonchev–Trinajstić information content (AvgIpc) is 2.58. The highest BCUT2D eigenvalue weighted by molar-refractivity contribution is 7.92. The van der Waals surface area contributed by atoms with Crippen molar-refractivity contribution in [2.45, 2.75) is 38.5 Å². The second-order valence-electron chi connectivity index (χ2n) is 6.42. The van der Waals surface area contributed by atoms with Gasteiger partial charge in [-0.3, -0.25) is 9.10 Å². The first-order valence-corrected chi connectivity index (χ1v) is 10.5. The molecule has 1 aliphatic rings. The molecule has 0 aliphatic heterocycles. The van der Waals surface area contributed by atoms with Crippen LogP contribution in [-0.4, -0.2) is 33.7 Å². The lowest BCUT2D eigenvalue weighted by Gasteiger charge is -2.22. The van der Waals surface area contributed by atoms with Crippen molar-refractivity contribution in [3.63, 3.8) is 0 Å². The van der Waals surface area contributed by atoms with Crippen molar-refractivity contribution in [3.05, 3.63) is 41.5 Å². The Morgan fingerprint density at radius 2 is 2.04 bits per heavy atom. The van der Waals surface area contributed by atoms with Gasteiger partial charge in [0, 0.05) is 25.6 Å². The van der Waals surface area contributed by atoms with Crippen molar-refractivity contribution in [1.82, 2.24) is 5.32 Å². The molecule has 0 saturated heterocycles. The van der Waals surface area contributed by atoms with E-state index in [1.807, 2.05) is 0 Å². The molecule has 0 aromatic heterocycles. The standard InChI is InChI=1S/C18H24F2N2O3S/c1-26(24,25)22(17-10-9-15(19)12-16(17)20)11-5-8-18(23)21-13-14-6-3-2-4-7-14/h6,9-10,12H,2-5,7-8,11,13H2,1H3,(H,21,23). The highest BCUT2D eigenvalue weighted by Crippen LogP contribution is 2.23. The summed E-state index contributed by atoms with van der Waals surface area (Å²) in [5, 5.41) is 2.82. The fourth-order valence-corrected chi connectivity index (χ4v) is 3.86. The molecule has 1 N–H and O–H groups in total. The number of hydrogen-bond acceptors (Lipinski definition) is 3. The van der Waals surface area contributed by atoms with E-state index in [-0.39, 0.29) is 31.0 Å². The zero-order valence-electron chi connectivity index (χ0n) is 14.8. The van der Waals surface area contributed by atoms with Gasteiger partial charge in [-0.25, -0.2) is 17.2 Å². The Hall–Kier alpha value is -1.96. The van der Waals surface area contributed by atoms with Crippen LogP contribution in [-0.2, 0) is 14.8 Å². The van der Waals surface area contributed by atoms with E-state index in [2.05, 4.69) is 11.4 Å². The minimum Gasteiger partial charge on any atom is -0.352 e. The van der Waals surface area contributed by atoms with Crippen molar-refractivity contribution < 1.29 is 22.0 Å². The molecule has 144 valence electrons. The summed E-state index contributed by atoms with van der Waals surface area (Å²) in [4.78, 5) is 11.9. The summed E-state index contributed by atoms with van der Waals surface area (Å²) in [7, 11) is -3.75. The van der Waals surface area contributed by atoms with Crippen LogP contribution in [0.5, 0.6) is 0 Å². The number of allylic oxidation sites excluding steroid dienone is 1. The van der Waals surface area contributed by atoms with Crippen molar-refractivity contribution in [2.24, 2.45) is 0 Å². The van der Waals surface area contributed by atoms with E-state index in [1.165, 1.54) is 12.0 Å². The number of hydrogen-bond donors (Lipinski definition) is 1. The van der Waals surface area contributed by atoms with Gasteiger partial charge in [0.15, 0.2) is 0 Å². The molecule has 8 heteroatoms. The van der Waals surface area contributed by atoms with Gasteiger partial charge in [-0.05, 0) is 44.2 Å². The van der Waals surface area contributed by atoms with Crippen LogP contribution < -0.4 is 9.62 Å². The van der Waals surface area contributed by atoms with Crippen LogP contribution >= 0.6 is 0 Å². The van der Waals surface area contributed by atoms with Crippen LogP contribution in [0.1, 0.15) is 38.5 Å². The maximum Gasteiger partial charge on any atom is 0.232 e. The number of nitrogens with zero attached hydrogens (tertiary/aromatic N) is 1. The first-order valence-electron chi connectivity index (χ1n) is 8.65. The van der Waals surface area contributed by atoms with E-state index < -0.39 is 21.7 Å². The summed E-state index contributed by atoms with van der Waals surface area (Å²) in [5.74, 6) is -1.91. The molecule has 1 aromatic carbocycles. The van der Waals surface area contributed by atoms with Gasteiger partial charge in [0.25, 0.3) is 0 Å². The number of nitrogens with one attached hydrogen (secondary N) is 1. The van der Waals surface area contributed by atoms with E-state index in [9.17, 15) is 22.0 Å². The number of halogens is 2. The molecule has 0 fully saturated rings. The first-order chi connectivity index (χ1) is 12.3. The fourth-order valence-electron chi connectivity index (χ4n) is 2.90. The van der Waals surface area contributed by atoms with E-state index in [0.29, 0.717) is 12.6 Å². The Labute approximate surface area is 153 Å². The molecule has 26 heavy (non-hydrogen) atoms. The Balaban J connectivity index is 1.89. The van der Waals surface area contributed by atoms with Crippen LogP contribution in [0, 0.1) is 11.6 Å². The van der Waals surface area contributed by atoms with Gasteiger partial charge in [-0.2, -0.15) is 0 Å². The van der Waals surface area contributed by atoms with Crippen LogP contribution in [0.2, 0.25) is 0 Å². The monoisotopic (exact) mass is 386 g/mol. The van der Waals surface area contributed by atoms with E-state index in [0.717, 1.165) is 42.0 Å². The molecule has 1 aliphatic carbocycles. The average molecular weight is 386 g/mol. The number of carbonyl (C=O) groups is 1. The largest absolute Gasteiger partial charge is 0.352 e. The number of carbonyl (C=O) groups excluding carboxylic acids is 1. The summed E-state index contributed by atoms with van der Waals surface area (Å²) < 4.78 is 51.7. The second-order valence-corrected chi connectivity index (χ2v) is 8.33. The van der Waals surface area contributed by atoms with E-state index in [4.69, 9.17) is 0 Å². The number of sulfonamides is 1. The third-order valence-electron chi connectivity index (χ3n) is 4.24. The molecule has 0 bridgehead atoms. The lowest BCUT2D eigenvalue weighted by atomic mass is 10.00. The topological polar surface area (TPSA) is 66.5 Å². The predicted octanol–water partition coefficient (Wildman–Crippen LogP) is 3.13. The van der Waals surface area contributed by atoms with Crippen LogP contribution in [0.3, 0.4) is 0 Å². The zero-order chi connectivity index (χ0) is 19.2. The minimum atomic E-state index is -3.75. The molecule has 1 aromatic rings. The Morgan fingerprint density at radius 3 is 2.65 bits per heavy atom. The second kappa shape index (κ2) is 9.12. The van der Waals surface area contributed by atoms with Gasteiger partial charge in [-0.1, -0.05) is 11.6 Å². The van der Waals surface area contributed by atoms with E-state index >= 15 is 0 Å². The summed E-state index contributed by atoms with van der Waals surface area (Å²) >= 11 is 0. The fraction of sp³-hybridized carbons (Fsp3) is 0.500. The predicted molar refractivity (Wildman–Crippen MR) is 97.3 cm³/mol. The van der Waals surface area contributed by atoms with Crippen LogP contribution in [0.15, 0.2) is 29.8 Å². The van der Waals surface area contributed by atoms with Crippen LogP contribution in [0.4, 0.5) is 14.5 Å². The van der Waals surface area contributed by atoms with Gasteiger partial charge < -0.3 is 5.32 Å². The molecule has 0 unspecified atom stereocenters. The van der Waals surface area contributed by atoms with Gasteiger partial charge in [-0.15, -0.1) is 0 Å². The van der Waals surface area contributed by atoms with Gasteiger partial charge >= 0.3 is 0 Å². The third-order valence-corrected chi connectivity index (χ3v) is 5.42. The molecular weight excluding hydrogens is 362 g/mol. The summed E-state index contributed by atoms with van der Waals surface area (Å²) in [6.07, 6.45) is 7.80. The maximum atomic E-state index is 13.9. The molecule has 0 radical (unpaired) electrons. The quantitative estimate of drug-likeness (QED) is 0.698. The lowest BCUT2D eigenvalue weighted by molar-refractivity contribution is -0.120. The van der Waals surface area contributed by atoms with Gasteiger partial charge in [0.1, 0.15) is 11.6 Å². The number of amides is 1. The molecule has 0 spiro atoms. The van der Waals surface area contributed by atoms with Crippen molar-refractivity contribution >= 4 is 21.6 Å². The molecular formula is C18H24F2N2O3S. The van der Waals surface area contributed by atoms with Crippen molar-refractivity contribution in [1.29, 1.82) is 0 Å². The summed E-state index contributed by atoms with van der Waals surface area (Å²) in [6.45, 7) is 0.457. The van der Waals surface area contributed by atoms with Crippen molar-refractivity contribution in [3.8, 4) is 0 Å². The molecule has 2 rings (SSSR count). The first kappa shape index (κ1) is 20.4. The Bertz CT molecular complexity index is 779. The summed E-state index contributed by atoms with van der Waals surface area (Å²) in [5.41, 5.74) is 0.998. The van der Waals surface area contributed by atoms with Crippen LogP contribution in [0.25, 0.3) is 0 Å². The number of rotatable bonds is 8. The molecule has 0 saturated carbocycles. The summed E-state index contributed by atoms with van der Waals surface area (Å²) in [6, 6.07) is 2.72. The molecule has 5 nitrogen and oxygen atoms in total. The highest BCUT2D eigenvalue weighted by atomic mass is 32.2.